The van der Waals surface area contributed by atoms with E-state index in [4.69, 9.17) is 11.6 Å². The highest BCUT2D eigenvalue weighted by Crippen LogP contribution is 2.26. The van der Waals surface area contributed by atoms with Crippen LogP contribution in [0.2, 0.25) is 5.02 Å². The maximum atomic E-state index is 13.3. The number of rotatable bonds is 5. The number of carbonyl (C=O) groups is 2. The summed E-state index contributed by atoms with van der Waals surface area (Å²) < 4.78 is 15.0. The van der Waals surface area contributed by atoms with Crippen molar-refractivity contribution in [3.63, 3.8) is 0 Å². The van der Waals surface area contributed by atoms with Gasteiger partial charge in [0.1, 0.15) is 23.2 Å². The Morgan fingerprint density at radius 2 is 1.97 bits per heavy atom. The Kier molecular flexibility index (Phi) is 6.07. The number of aromatic nitrogens is 3. The van der Waals surface area contributed by atoms with E-state index in [0.717, 1.165) is 0 Å². The molecule has 2 amide bonds. The van der Waals surface area contributed by atoms with Crippen molar-refractivity contribution in [2.24, 2.45) is 12.5 Å². The number of hydrogen-bond acceptors (Lipinski definition) is 4. The monoisotopic (exact) mass is 431 g/mol. The molecule has 0 spiro atoms. The third kappa shape index (κ3) is 4.94. The Balaban J connectivity index is 1.82. The zero-order chi connectivity index (χ0) is 22.1. The predicted octanol–water partition coefficient (Wildman–Crippen LogP) is 4.07. The summed E-state index contributed by atoms with van der Waals surface area (Å²) in [5, 5.41) is 5.61. The van der Waals surface area contributed by atoms with E-state index in [1.807, 2.05) is 20.8 Å². The van der Waals surface area contributed by atoms with Gasteiger partial charge in [-0.2, -0.15) is 0 Å². The molecule has 0 unspecified atom stereocenters. The Hall–Kier alpha value is -3.00. The second kappa shape index (κ2) is 8.39. The fourth-order valence-electron chi connectivity index (χ4n) is 3.08. The quantitative estimate of drug-likeness (QED) is 0.637. The third-order valence-electron chi connectivity index (χ3n) is 4.37. The molecule has 3 aromatic rings. The lowest BCUT2D eigenvalue weighted by Gasteiger charge is -2.16. The molecule has 0 fully saturated rings. The summed E-state index contributed by atoms with van der Waals surface area (Å²) in [5.41, 5.74) is 2.17. The number of fused-ring (bicyclic) bond motifs is 1. The Labute approximate surface area is 178 Å². The van der Waals surface area contributed by atoms with E-state index in [2.05, 4.69) is 20.6 Å². The first-order valence-electron chi connectivity index (χ1n) is 9.37. The van der Waals surface area contributed by atoms with Gasteiger partial charge in [-0.3, -0.25) is 9.59 Å². The molecular formula is C21H23ClFN5O2. The minimum atomic E-state index is -0.519. The van der Waals surface area contributed by atoms with Crippen molar-refractivity contribution in [2.75, 3.05) is 5.32 Å². The zero-order valence-electron chi connectivity index (χ0n) is 17.2. The molecular weight excluding hydrogens is 409 g/mol. The number of benzene rings is 1. The van der Waals surface area contributed by atoms with Crippen LogP contribution in [0.25, 0.3) is 11.0 Å². The number of nitrogens with one attached hydrogen (secondary N) is 2. The van der Waals surface area contributed by atoms with Gasteiger partial charge < -0.3 is 15.2 Å². The van der Waals surface area contributed by atoms with E-state index in [-0.39, 0.29) is 28.6 Å². The summed E-state index contributed by atoms with van der Waals surface area (Å²) in [7, 11) is 1.75. The van der Waals surface area contributed by atoms with Crippen molar-refractivity contribution in [1.29, 1.82) is 0 Å². The molecule has 2 heterocycles. The van der Waals surface area contributed by atoms with E-state index in [1.54, 1.807) is 23.9 Å². The van der Waals surface area contributed by atoms with Crippen molar-refractivity contribution in [1.82, 2.24) is 19.9 Å². The molecule has 30 heavy (non-hydrogen) atoms. The van der Waals surface area contributed by atoms with Crippen LogP contribution in [0.1, 0.15) is 43.2 Å². The minimum absolute atomic E-state index is 0.00995. The van der Waals surface area contributed by atoms with Gasteiger partial charge in [0.25, 0.3) is 5.91 Å². The molecule has 2 N–H and O–H groups in total. The number of halogens is 2. The van der Waals surface area contributed by atoms with Crippen LogP contribution in [-0.4, -0.2) is 26.3 Å². The lowest BCUT2D eigenvalue weighted by molar-refractivity contribution is -0.117. The first kappa shape index (κ1) is 21.7. The average molecular weight is 432 g/mol. The molecule has 0 atom stereocenters. The van der Waals surface area contributed by atoms with Gasteiger partial charge in [-0.25, -0.2) is 14.4 Å². The van der Waals surface area contributed by atoms with Crippen molar-refractivity contribution in [2.45, 2.75) is 33.7 Å². The SMILES string of the molecule is Cn1cc(NC(=O)CC(C)(C)C)c2ncnc(C(=O)NCc3ccc(F)c(Cl)c3)c21. The first-order chi connectivity index (χ1) is 14.0. The van der Waals surface area contributed by atoms with E-state index in [9.17, 15) is 14.0 Å². The highest BCUT2D eigenvalue weighted by atomic mass is 35.5. The molecule has 158 valence electrons. The van der Waals surface area contributed by atoms with Crippen LogP contribution < -0.4 is 10.6 Å². The smallest absolute Gasteiger partial charge is 0.272 e. The van der Waals surface area contributed by atoms with Crippen LogP contribution in [0.5, 0.6) is 0 Å². The summed E-state index contributed by atoms with van der Waals surface area (Å²) in [6, 6.07) is 4.25. The average Bonchev–Trinajstić information content (AvgIpc) is 2.96. The van der Waals surface area contributed by atoms with Crippen molar-refractivity contribution in [3.05, 3.63) is 52.8 Å². The molecule has 0 radical (unpaired) electrons. The lowest BCUT2D eigenvalue weighted by Crippen LogP contribution is -2.24. The highest BCUT2D eigenvalue weighted by Gasteiger charge is 2.21. The van der Waals surface area contributed by atoms with Gasteiger partial charge in [0, 0.05) is 26.2 Å². The Morgan fingerprint density at radius 1 is 1.23 bits per heavy atom. The molecule has 3 rings (SSSR count). The normalized spacial score (nSPS) is 11.5. The van der Waals surface area contributed by atoms with Gasteiger partial charge in [-0.05, 0) is 23.1 Å². The maximum absolute atomic E-state index is 13.3. The molecule has 0 aliphatic heterocycles. The van der Waals surface area contributed by atoms with Crippen LogP contribution in [0.15, 0.2) is 30.7 Å². The molecule has 0 aliphatic carbocycles. The summed E-state index contributed by atoms with van der Waals surface area (Å²) >= 11 is 5.78. The molecule has 0 saturated heterocycles. The zero-order valence-corrected chi connectivity index (χ0v) is 18.0. The van der Waals surface area contributed by atoms with Crippen molar-refractivity contribution < 1.29 is 14.0 Å². The molecule has 0 saturated carbocycles. The molecule has 0 bridgehead atoms. The van der Waals surface area contributed by atoms with Crippen LogP contribution in [0, 0.1) is 11.2 Å². The van der Waals surface area contributed by atoms with Gasteiger partial charge >= 0.3 is 0 Å². The first-order valence-corrected chi connectivity index (χ1v) is 9.75. The Bertz CT molecular complexity index is 1120. The number of amides is 2. The van der Waals surface area contributed by atoms with Crippen LogP contribution in [0.3, 0.4) is 0 Å². The summed E-state index contributed by atoms with van der Waals surface area (Å²) in [6.45, 7) is 6.10. The number of anilines is 1. The number of hydrogen-bond donors (Lipinski definition) is 2. The van der Waals surface area contributed by atoms with Gasteiger partial charge in [0.2, 0.25) is 5.91 Å². The standard InChI is InChI=1S/C21H23ClFN5O2/c1-21(2,3)8-16(29)27-15-10-28(4)19-17(15)25-11-26-18(19)20(30)24-9-12-5-6-14(23)13(22)7-12/h5-7,10-11H,8-9H2,1-4H3,(H,24,30)(H,27,29). The maximum Gasteiger partial charge on any atom is 0.272 e. The van der Waals surface area contributed by atoms with Crippen LogP contribution in [-0.2, 0) is 18.4 Å². The fourth-order valence-corrected chi connectivity index (χ4v) is 3.28. The van der Waals surface area contributed by atoms with Gasteiger partial charge in [0.05, 0.1) is 10.7 Å². The highest BCUT2D eigenvalue weighted by molar-refractivity contribution is 6.30. The van der Waals surface area contributed by atoms with E-state index in [0.29, 0.717) is 28.7 Å². The van der Waals surface area contributed by atoms with Crippen LogP contribution in [0.4, 0.5) is 10.1 Å². The second-order valence-electron chi connectivity index (χ2n) is 8.29. The second-order valence-corrected chi connectivity index (χ2v) is 8.70. The minimum Gasteiger partial charge on any atom is -0.347 e. The van der Waals surface area contributed by atoms with E-state index in [1.165, 1.54) is 18.5 Å². The summed E-state index contributed by atoms with van der Waals surface area (Å²) in [5.74, 6) is -1.07. The lowest BCUT2D eigenvalue weighted by atomic mass is 9.92. The molecule has 9 heteroatoms. The van der Waals surface area contributed by atoms with E-state index < -0.39 is 11.7 Å². The molecule has 2 aromatic heterocycles. The Morgan fingerprint density at radius 3 is 2.63 bits per heavy atom. The van der Waals surface area contributed by atoms with Gasteiger partial charge in [-0.15, -0.1) is 0 Å². The summed E-state index contributed by atoms with van der Waals surface area (Å²) in [6.07, 6.45) is 3.34. The van der Waals surface area contributed by atoms with Crippen molar-refractivity contribution >= 4 is 40.1 Å². The summed E-state index contributed by atoms with van der Waals surface area (Å²) in [4.78, 5) is 33.4. The molecule has 1 aromatic carbocycles. The van der Waals surface area contributed by atoms with Crippen LogP contribution >= 0.6 is 11.6 Å². The molecule has 7 nitrogen and oxygen atoms in total. The number of nitrogens with zero attached hydrogens (tertiary/aromatic N) is 3. The van der Waals surface area contributed by atoms with Gasteiger partial charge in [0.15, 0.2) is 5.69 Å². The molecule has 0 aliphatic rings. The number of carbonyl (C=O) groups excluding carboxylic acids is 2. The van der Waals surface area contributed by atoms with Crippen molar-refractivity contribution in [3.8, 4) is 0 Å². The number of aryl methyl sites for hydroxylation is 1. The van der Waals surface area contributed by atoms with E-state index >= 15 is 0 Å². The fraction of sp³-hybridized carbons (Fsp3) is 0.333. The predicted molar refractivity (Wildman–Crippen MR) is 114 cm³/mol. The van der Waals surface area contributed by atoms with Gasteiger partial charge in [-0.1, -0.05) is 38.4 Å². The largest absolute Gasteiger partial charge is 0.347 e. The topological polar surface area (TPSA) is 88.9 Å². The third-order valence-corrected chi connectivity index (χ3v) is 4.66.